The number of carbonyl (C=O) groups excluding carboxylic acids is 2. The number of carbonyl (C=O) groups is 2. The molecule has 0 unspecified atom stereocenters. The molecule has 1 aromatic rings. The zero-order valence-electron chi connectivity index (χ0n) is 12.1. The fourth-order valence-electron chi connectivity index (χ4n) is 2.40. The predicted molar refractivity (Wildman–Crippen MR) is 79.2 cm³/mol. The molecule has 1 saturated heterocycles. The molecule has 1 aromatic carbocycles. The molecular weight excluding hydrogens is 254 g/mol. The molecule has 1 N–H and O–H groups in total. The zero-order chi connectivity index (χ0) is 14.5. The minimum absolute atomic E-state index is 0.0976. The summed E-state index contributed by atoms with van der Waals surface area (Å²) in [6.45, 7) is 5.16. The molecule has 5 heteroatoms. The van der Waals surface area contributed by atoms with E-state index in [9.17, 15) is 9.59 Å². The van der Waals surface area contributed by atoms with E-state index < -0.39 is 0 Å². The smallest absolute Gasteiger partial charge is 0.219 e. The molecule has 20 heavy (non-hydrogen) atoms. The largest absolute Gasteiger partial charge is 0.368 e. The molecule has 1 amide bonds. The van der Waals surface area contributed by atoms with Gasteiger partial charge in [0, 0.05) is 44.4 Å². The second-order valence-corrected chi connectivity index (χ2v) is 4.99. The van der Waals surface area contributed by atoms with Crippen molar-refractivity contribution in [3.05, 3.63) is 29.8 Å². The Labute approximate surface area is 119 Å². The number of hydrogen-bond donors (Lipinski definition) is 1. The van der Waals surface area contributed by atoms with Crippen LogP contribution < -0.4 is 10.2 Å². The lowest BCUT2D eigenvalue weighted by molar-refractivity contribution is -0.129. The molecule has 1 heterocycles. The average molecular weight is 275 g/mol. The Balaban J connectivity index is 1.97. The minimum Gasteiger partial charge on any atom is -0.368 e. The Hall–Kier alpha value is -1.88. The molecule has 0 aromatic heterocycles. The van der Waals surface area contributed by atoms with Crippen molar-refractivity contribution < 1.29 is 9.59 Å². The molecule has 0 atom stereocenters. The van der Waals surface area contributed by atoms with Gasteiger partial charge in [0.25, 0.3) is 0 Å². The number of nitrogens with one attached hydrogen (secondary N) is 1. The van der Waals surface area contributed by atoms with E-state index in [-0.39, 0.29) is 11.7 Å². The van der Waals surface area contributed by atoms with Gasteiger partial charge in [-0.15, -0.1) is 0 Å². The third-order valence-electron chi connectivity index (χ3n) is 3.62. The molecule has 0 radical (unpaired) electrons. The molecule has 0 spiro atoms. The molecule has 1 aliphatic heterocycles. The van der Waals surface area contributed by atoms with E-state index in [1.54, 1.807) is 14.0 Å². The molecule has 5 nitrogen and oxygen atoms in total. The predicted octanol–water partition coefficient (Wildman–Crippen LogP) is 0.757. The van der Waals surface area contributed by atoms with E-state index in [1.165, 1.54) is 0 Å². The monoisotopic (exact) mass is 275 g/mol. The van der Waals surface area contributed by atoms with Gasteiger partial charge in [0.2, 0.25) is 5.91 Å². The summed E-state index contributed by atoms with van der Waals surface area (Å²) in [5, 5.41) is 2.86. The van der Waals surface area contributed by atoms with Gasteiger partial charge in [-0.25, -0.2) is 0 Å². The highest BCUT2D eigenvalue weighted by molar-refractivity contribution is 5.97. The van der Waals surface area contributed by atoms with Gasteiger partial charge in [0.05, 0.1) is 6.54 Å². The van der Waals surface area contributed by atoms with Crippen LogP contribution >= 0.6 is 0 Å². The third-order valence-corrected chi connectivity index (χ3v) is 3.62. The Kier molecular flexibility index (Phi) is 4.74. The lowest BCUT2D eigenvalue weighted by atomic mass is 10.1. The van der Waals surface area contributed by atoms with Gasteiger partial charge in [-0.05, 0) is 31.3 Å². The number of Topliss-reactive ketones (excluding diaryl/α,β-unsaturated/α-hetero) is 1. The molecule has 0 saturated carbocycles. The maximum Gasteiger partial charge on any atom is 0.219 e. The van der Waals surface area contributed by atoms with Gasteiger partial charge >= 0.3 is 0 Å². The summed E-state index contributed by atoms with van der Waals surface area (Å²) in [5.41, 5.74) is 1.83. The van der Waals surface area contributed by atoms with Gasteiger partial charge in [-0.3, -0.25) is 9.59 Å². The van der Waals surface area contributed by atoms with Crippen molar-refractivity contribution in [2.75, 3.05) is 44.7 Å². The van der Waals surface area contributed by atoms with Crippen molar-refractivity contribution in [2.24, 2.45) is 0 Å². The van der Waals surface area contributed by atoms with Gasteiger partial charge in [-0.2, -0.15) is 0 Å². The number of amides is 1. The number of piperazine rings is 1. The first-order valence-electron chi connectivity index (χ1n) is 6.90. The van der Waals surface area contributed by atoms with Crippen molar-refractivity contribution in [3.8, 4) is 0 Å². The lowest BCUT2D eigenvalue weighted by Crippen LogP contribution is -2.48. The van der Waals surface area contributed by atoms with Crippen LogP contribution in [0.2, 0.25) is 0 Å². The van der Waals surface area contributed by atoms with Crippen molar-refractivity contribution in [1.82, 2.24) is 10.2 Å². The SMILES string of the molecule is CNCC(=O)c1ccc(N2CCN(C(C)=O)CC2)cc1. The minimum atomic E-state index is 0.0976. The quantitative estimate of drug-likeness (QED) is 0.824. The second kappa shape index (κ2) is 6.52. The number of anilines is 1. The van der Waals surface area contributed by atoms with Gasteiger partial charge in [0.15, 0.2) is 5.78 Å². The summed E-state index contributed by atoms with van der Waals surface area (Å²) in [7, 11) is 1.76. The summed E-state index contributed by atoms with van der Waals surface area (Å²) >= 11 is 0. The summed E-state index contributed by atoms with van der Waals surface area (Å²) < 4.78 is 0. The fourth-order valence-corrected chi connectivity index (χ4v) is 2.40. The molecular formula is C15H21N3O2. The van der Waals surface area contributed by atoms with E-state index in [0.717, 1.165) is 37.4 Å². The van der Waals surface area contributed by atoms with Crippen molar-refractivity contribution in [2.45, 2.75) is 6.92 Å². The van der Waals surface area contributed by atoms with Gasteiger partial charge in [-0.1, -0.05) is 0 Å². The lowest BCUT2D eigenvalue weighted by Gasteiger charge is -2.35. The fraction of sp³-hybridized carbons (Fsp3) is 0.467. The Morgan fingerprint density at radius 2 is 1.70 bits per heavy atom. The normalized spacial score (nSPS) is 15.3. The van der Waals surface area contributed by atoms with E-state index in [4.69, 9.17) is 0 Å². The Morgan fingerprint density at radius 3 is 2.20 bits per heavy atom. The average Bonchev–Trinajstić information content (AvgIpc) is 2.48. The van der Waals surface area contributed by atoms with E-state index >= 15 is 0 Å². The van der Waals surface area contributed by atoms with E-state index in [0.29, 0.717) is 6.54 Å². The summed E-state index contributed by atoms with van der Waals surface area (Å²) in [4.78, 5) is 27.1. The van der Waals surface area contributed by atoms with Crippen LogP contribution in [0, 0.1) is 0 Å². The maximum absolute atomic E-state index is 11.7. The van der Waals surface area contributed by atoms with Crippen molar-refractivity contribution in [3.63, 3.8) is 0 Å². The highest BCUT2D eigenvalue weighted by Crippen LogP contribution is 2.17. The molecule has 0 aliphatic carbocycles. The van der Waals surface area contributed by atoms with Crippen LogP contribution in [0.25, 0.3) is 0 Å². The number of benzene rings is 1. The van der Waals surface area contributed by atoms with Gasteiger partial charge < -0.3 is 15.1 Å². The van der Waals surface area contributed by atoms with Crippen molar-refractivity contribution in [1.29, 1.82) is 0 Å². The Morgan fingerprint density at radius 1 is 1.10 bits per heavy atom. The molecule has 1 fully saturated rings. The highest BCUT2D eigenvalue weighted by atomic mass is 16.2. The van der Waals surface area contributed by atoms with Crippen LogP contribution in [0.15, 0.2) is 24.3 Å². The number of ketones is 1. The standard InChI is InChI=1S/C15H21N3O2/c1-12(19)17-7-9-18(10-8-17)14-5-3-13(4-6-14)15(20)11-16-2/h3-6,16H,7-11H2,1-2H3. The number of rotatable bonds is 4. The zero-order valence-corrected chi connectivity index (χ0v) is 12.1. The summed E-state index contributed by atoms with van der Waals surface area (Å²) in [6.07, 6.45) is 0. The van der Waals surface area contributed by atoms with Crippen LogP contribution in [0.3, 0.4) is 0 Å². The number of nitrogens with zero attached hydrogens (tertiary/aromatic N) is 2. The van der Waals surface area contributed by atoms with Crippen LogP contribution in [0.4, 0.5) is 5.69 Å². The molecule has 2 rings (SSSR count). The first-order chi connectivity index (χ1) is 9.61. The second-order valence-electron chi connectivity index (χ2n) is 4.99. The third kappa shape index (κ3) is 3.36. The molecule has 1 aliphatic rings. The molecule has 0 bridgehead atoms. The summed E-state index contributed by atoms with van der Waals surface area (Å²) in [5.74, 6) is 0.234. The maximum atomic E-state index is 11.7. The number of hydrogen-bond acceptors (Lipinski definition) is 4. The summed E-state index contributed by atoms with van der Waals surface area (Å²) in [6, 6.07) is 7.69. The topological polar surface area (TPSA) is 52.7 Å². The molecule has 108 valence electrons. The first-order valence-corrected chi connectivity index (χ1v) is 6.90. The van der Waals surface area contributed by atoms with Crippen molar-refractivity contribution >= 4 is 17.4 Å². The highest BCUT2D eigenvalue weighted by Gasteiger charge is 2.18. The van der Waals surface area contributed by atoms with E-state index in [2.05, 4.69) is 10.2 Å². The van der Waals surface area contributed by atoms with Gasteiger partial charge in [0.1, 0.15) is 0 Å². The van der Waals surface area contributed by atoms with E-state index in [1.807, 2.05) is 29.2 Å². The first kappa shape index (κ1) is 14.5. The van der Waals surface area contributed by atoms with Crippen LogP contribution in [-0.4, -0.2) is 56.4 Å². The van der Waals surface area contributed by atoms with Crippen LogP contribution in [0.5, 0.6) is 0 Å². The number of likely N-dealkylation sites (N-methyl/N-ethyl adjacent to an activating group) is 1. The van der Waals surface area contributed by atoms with Crippen LogP contribution in [-0.2, 0) is 4.79 Å². The van der Waals surface area contributed by atoms with Crippen LogP contribution in [0.1, 0.15) is 17.3 Å². The Bertz CT molecular complexity index is 476.